The molecule has 1 aromatic rings. The molecule has 1 spiro atoms. The fourth-order valence-electron chi connectivity index (χ4n) is 3.58. The van der Waals surface area contributed by atoms with Gasteiger partial charge in [-0.25, -0.2) is 8.78 Å². The molecule has 4 rings (SSSR count). The number of aliphatic hydroxyl groups excluding tert-OH is 1. The number of halogens is 2. The SMILES string of the molecule is OC1CC2(C1)CC2NC1=NCC(c2c(F)cccc2F)N1. The van der Waals surface area contributed by atoms with Gasteiger partial charge >= 0.3 is 0 Å². The molecule has 21 heavy (non-hydrogen) atoms. The molecular formula is C15H17F2N3O. The standard InChI is InChI=1S/C15H17F2N3O/c16-9-2-1-3-10(17)13(9)11-7-18-14(19-11)20-12-6-15(12)4-8(21)5-15/h1-3,8,11-12,21H,4-7H2,(H2,18,19,20). The number of aliphatic imine (C=N–C) groups is 1. The average molecular weight is 293 g/mol. The molecule has 2 atom stereocenters. The molecule has 112 valence electrons. The smallest absolute Gasteiger partial charge is 0.192 e. The van der Waals surface area contributed by atoms with Crippen molar-refractivity contribution in [3.63, 3.8) is 0 Å². The number of aliphatic hydroxyl groups is 1. The Morgan fingerprint density at radius 1 is 1.24 bits per heavy atom. The van der Waals surface area contributed by atoms with Crippen LogP contribution < -0.4 is 10.6 Å². The van der Waals surface area contributed by atoms with E-state index >= 15 is 0 Å². The molecule has 6 heteroatoms. The Balaban J connectivity index is 1.39. The molecule has 1 heterocycles. The molecule has 2 fully saturated rings. The van der Waals surface area contributed by atoms with E-state index < -0.39 is 17.7 Å². The van der Waals surface area contributed by atoms with Crippen molar-refractivity contribution in [1.29, 1.82) is 0 Å². The molecule has 1 aromatic carbocycles. The van der Waals surface area contributed by atoms with E-state index in [0.29, 0.717) is 18.5 Å². The van der Waals surface area contributed by atoms with E-state index in [9.17, 15) is 13.9 Å². The van der Waals surface area contributed by atoms with Crippen LogP contribution in [0.5, 0.6) is 0 Å². The van der Waals surface area contributed by atoms with Gasteiger partial charge in [0, 0.05) is 11.6 Å². The van der Waals surface area contributed by atoms with E-state index in [4.69, 9.17) is 0 Å². The maximum absolute atomic E-state index is 13.8. The van der Waals surface area contributed by atoms with Crippen molar-refractivity contribution in [3.05, 3.63) is 35.4 Å². The number of nitrogens with zero attached hydrogens (tertiary/aromatic N) is 1. The molecule has 1 aliphatic heterocycles. The molecule has 2 unspecified atom stereocenters. The Morgan fingerprint density at radius 3 is 2.62 bits per heavy atom. The fourth-order valence-corrected chi connectivity index (χ4v) is 3.58. The fraction of sp³-hybridized carbons (Fsp3) is 0.533. The Kier molecular flexibility index (Phi) is 2.73. The Labute approximate surface area is 121 Å². The second kappa shape index (κ2) is 4.40. The van der Waals surface area contributed by atoms with Crippen LogP contribution in [-0.2, 0) is 0 Å². The quantitative estimate of drug-likeness (QED) is 0.774. The van der Waals surface area contributed by atoms with Crippen molar-refractivity contribution in [2.24, 2.45) is 10.4 Å². The van der Waals surface area contributed by atoms with Crippen LogP contribution >= 0.6 is 0 Å². The van der Waals surface area contributed by atoms with E-state index in [1.165, 1.54) is 18.2 Å². The number of benzene rings is 1. The van der Waals surface area contributed by atoms with Crippen molar-refractivity contribution >= 4 is 5.96 Å². The first-order chi connectivity index (χ1) is 10.1. The van der Waals surface area contributed by atoms with E-state index in [1.54, 1.807) is 0 Å². The lowest BCUT2D eigenvalue weighted by molar-refractivity contribution is 0.0249. The van der Waals surface area contributed by atoms with Crippen LogP contribution in [0, 0.1) is 17.0 Å². The van der Waals surface area contributed by atoms with Crippen molar-refractivity contribution < 1.29 is 13.9 Å². The van der Waals surface area contributed by atoms with E-state index in [1.807, 2.05) is 0 Å². The minimum absolute atomic E-state index is 0.0441. The summed E-state index contributed by atoms with van der Waals surface area (Å²) in [6, 6.07) is 3.74. The molecule has 0 bridgehead atoms. The molecule has 2 saturated carbocycles. The minimum Gasteiger partial charge on any atom is -0.393 e. The second-order valence-corrected chi connectivity index (χ2v) is 6.35. The van der Waals surface area contributed by atoms with E-state index in [0.717, 1.165) is 19.3 Å². The van der Waals surface area contributed by atoms with Crippen LogP contribution in [0.3, 0.4) is 0 Å². The highest BCUT2D eigenvalue weighted by atomic mass is 19.1. The number of nitrogens with one attached hydrogen (secondary N) is 2. The molecule has 3 N–H and O–H groups in total. The van der Waals surface area contributed by atoms with E-state index in [2.05, 4.69) is 15.6 Å². The number of rotatable bonds is 2. The predicted molar refractivity (Wildman–Crippen MR) is 73.8 cm³/mol. The van der Waals surface area contributed by atoms with Gasteiger partial charge in [0.15, 0.2) is 5.96 Å². The first-order valence-corrected chi connectivity index (χ1v) is 7.27. The Bertz CT molecular complexity index is 593. The molecule has 0 saturated heterocycles. The maximum Gasteiger partial charge on any atom is 0.192 e. The highest BCUT2D eigenvalue weighted by molar-refractivity contribution is 5.82. The highest BCUT2D eigenvalue weighted by Crippen LogP contribution is 2.60. The third-order valence-electron chi connectivity index (χ3n) is 4.88. The van der Waals surface area contributed by atoms with Gasteiger partial charge in [-0.05, 0) is 36.8 Å². The summed E-state index contributed by atoms with van der Waals surface area (Å²) < 4.78 is 27.5. The van der Waals surface area contributed by atoms with Crippen molar-refractivity contribution in [2.45, 2.75) is 37.5 Å². The molecule has 0 amide bonds. The second-order valence-electron chi connectivity index (χ2n) is 6.35. The first kappa shape index (κ1) is 13.0. The minimum atomic E-state index is -0.547. The monoisotopic (exact) mass is 293 g/mol. The van der Waals surface area contributed by atoms with Crippen LogP contribution in [0.2, 0.25) is 0 Å². The van der Waals surface area contributed by atoms with Crippen LogP contribution in [-0.4, -0.2) is 29.8 Å². The summed E-state index contributed by atoms with van der Waals surface area (Å²) in [4.78, 5) is 4.30. The summed E-state index contributed by atoms with van der Waals surface area (Å²) in [5, 5.41) is 15.7. The van der Waals surface area contributed by atoms with Crippen LogP contribution in [0.4, 0.5) is 8.78 Å². The van der Waals surface area contributed by atoms with Crippen LogP contribution in [0.15, 0.2) is 23.2 Å². The van der Waals surface area contributed by atoms with Gasteiger partial charge in [-0.2, -0.15) is 0 Å². The number of hydrogen-bond donors (Lipinski definition) is 3. The topological polar surface area (TPSA) is 56.6 Å². The molecule has 0 radical (unpaired) electrons. The zero-order valence-electron chi connectivity index (χ0n) is 11.4. The summed E-state index contributed by atoms with van der Waals surface area (Å²) in [5.74, 6) is -0.492. The van der Waals surface area contributed by atoms with Crippen LogP contribution in [0.25, 0.3) is 0 Å². The van der Waals surface area contributed by atoms with Gasteiger partial charge in [0.05, 0.1) is 18.7 Å². The summed E-state index contributed by atoms with van der Waals surface area (Å²) in [5.41, 5.74) is 0.271. The van der Waals surface area contributed by atoms with Gasteiger partial charge in [-0.3, -0.25) is 4.99 Å². The zero-order chi connectivity index (χ0) is 14.6. The van der Waals surface area contributed by atoms with Crippen molar-refractivity contribution in [3.8, 4) is 0 Å². The Hall–Kier alpha value is -1.69. The third-order valence-corrected chi connectivity index (χ3v) is 4.88. The summed E-state index contributed by atoms with van der Waals surface area (Å²) in [7, 11) is 0. The lowest BCUT2D eigenvalue weighted by atomic mass is 9.78. The molecule has 0 aromatic heterocycles. The molecule has 3 aliphatic rings. The van der Waals surface area contributed by atoms with Gasteiger partial charge in [-0.1, -0.05) is 6.07 Å². The molecule has 4 nitrogen and oxygen atoms in total. The van der Waals surface area contributed by atoms with E-state index in [-0.39, 0.29) is 17.1 Å². The molecular weight excluding hydrogens is 276 g/mol. The predicted octanol–water partition coefficient (Wildman–Crippen LogP) is 1.47. The lowest BCUT2D eigenvalue weighted by Gasteiger charge is -2.33. The summed E-state index contributed by atoms with van der Waals surface area (Å²) >= 11 is 0. The maximum atomic E-state index is 13.8. The average Bonchev–Trinajstić information content (AvgIpc) is 2.89. The summed E-state index contributed by atoms with van der Waals surface area (Å²) in [6.07, 6.45) is 2.53. The normalized spacial score (nSPS) is 36.9. The van der Waals surface area contributed by atoms with Gasteiger partial charge in [0.25, 0.3) is 0 Å². The van der Waals surface area contributed by atoms with Crippen molar-refractivity contribution in [1.82, 2.24) is 10.6 Å². The van der Waals surface area contributed by atoms with Gasteiger partial charge in [0.1, 0.15) is 11.6 Å². The first-order valence-electron chi connectivity index (χ1n) is 7.27. The van der Waals surface area contributed by atoms with Gasteiger partial charge < -0.3 is 15.7 Å². The van der Waals surface area contributed by atoms with Gasteiger partial charge in [-0.15, -0.1) is 0 Å². The Morgan fingerprint density at radius 2 is 1.95 bits per heavy atom. The van der Waals surface area contributed by atoms with Gasteiger partial charge in [0.2, 0.25) is 0 Å². The van der Waals surface area contributed by atoms with Crippen molar-refractivity contribution in [2.75, 3.05) is 6.54 Å². The summed E-state index contributed by atoms with van der Waals surface area (Å²) in [6.45, 7) is 0.322. The highest BCUT2D eigenvalue weighted by Gasteiger charge is 2.61. The third kappa shape index (κ3) is 2.09. The largest absolute Gasteiger partial charge is 0.393 e. The lowest BCUT2D eigenvalue weighted by Crippen LogP contribution is -2.42. The number of guanidine groups is 1. The number of hydrogen-bond acceptors (Lipinski definition) is 4. The zero-order valence-corrected chi connectivity index (χ0v) is 11.4. The molecule has 2 aliphatic carbocycles. The van der Waals surface area contributed by atoms with Crippen LogP contribution in [0.1, 0.15) is 30.9 Å².